The van der Waals surface area contributed by atoms with Gasteiger partial charge in [0.1, 0.15) is 0 Å². The van der Waals surface area contributed by atoms with Crippen molar-refractivity contribution in [3.8, 4) is 0 Å². The molecule has 7 heteroatoms. The summed E-state index contributed by atoms with van der Waals surface area (Å²) in [5.74, 6) is 0.551. The third-order valence-electron chi connectivity index (χ3n) is 1.23. The van der Waals surface area contributed by atoms with E-state index in [9.17, 15) is 0 Å². The summed E-state index contributed by atoms with van der Waals surface area (Å²) >= 11 is 0. The van der Waals surface area contributed by atoms with E-state index in [2.05, 4.69) is 9.97 Å². The summed E-state index contributed by atoms with van der Waals surface area (Å²) in [5, 5.41) is 5.29. The number of H-pyrrole nitrogens is 1. The molecule has 0 saturated heterocycles. The lowest BCUT2D eigenvalue weighted by molar-refractivity contribution is 1.18. The molecule has 1 rings (SSSR count). The second kappa shape index (κ2) is 6.42. The molecule has 0 radical (unpaired) electrons. The molecule has 0 aliphatic rings. The van der Waals surface area contributed by atoms with Crippen LogP contribution in [0.15, 0.2) is 6.33 Å². The van der Waals surface area contributed by atoms with Crippen molar-refractivity contribution in [1.82, 2.24) is 9.97 Å². The van der Waals surface area contributed by atoms with Gasteiger partial charge in [-0.25, -0.2) is 4.98 Å². The number of rotatable bonds is 2. The van der Waals surface area contributed by atoms with Crippen LogP contribution in [0.25, 0.3) is 0 Å². The summed E-state index contributed by atoms with van der Waals surface area (Å²) in [6.07, 6.45) is 1.62. The Bertz CT molecular complexity index is 249. The zero-order valence-electron chi connectivity index (χ0n) is 6.53. The van der Waals surface area contributed by atoms with Crippen molar-refractivity contribution < 1.29 is 0 Å². The monoisotopic (exact) mass is 230 g/mol. The van der Waals surface area contributed by atoms with Crippen molar-refractivity contribution >= 4 is 35.7 Å². The van der Waals surface area contributed by atoms with E-state index >= 15 is 0 Å². The van der Waals surface area contributed by atoms with E-state index in [1.807, 2.05) is 6.92 Å². The molecule has 0 fully saturated rings. The lowest BCUT2D eigenvalue weighted by Gasteiger charge is -1.94. The summed E-state index contributed by atoms with van der Waals surface area (Å²) in [6.45, 7) is 1.93. The first-order chi connectivity index (χ1) is 4.70. The predicted octanol–water partition coefficient (Wildman–Crippen LogP) is 1.32. The zero-order chi connectivity index (χ0) is 7.56. The van der Waals surface area contributed by atoms with Gasteiger partial charge in [0.2, 0.25) is 0 Å². The molecule has 72 valence electrons. The summed E-state index contributed by atoms with van der Waals surface area (Å²) in [4.78, 5) is 6.94. The van der Waals surface area contributed by atoms with Crippen LogP contribution in [0.3, 0.4) is 0 Å². The molecular weight excluding hydrogens is 219 g/mol. The third kappa shape index (κ3) is 4.06. The molecule has 0 aliphatic heterocycles. The minimum Gasteiger partial charge on any atom is -0.348 e. The van der Waals surface area contributed by atoms with Crippen LogP contribution in [0.2, 0.25) is 0 Å². The van der Waals surface area contributed by atoms with Gasteiger partial charge in [-0.3, -0.25) is 9.92 Å². The van der Waals surface area contributed by atoms with E-state index in [4.69, 9.17) is 9.92 Å². The number of halogens is 2. The Labute approximate surface area is 86.2 Å². The Hall–Kier alpha value is -0.100. The van der Waals surface area contributed by atoms with Gasteiger partial charge in [-0.2, -0.15) is 0 Å². The highest BCUT2D eigenvalue weighted by molar-refractivity contribution is 7.82. The fourth-order valence-corrected chi connectivity index (χ4v) is 1.27. The molecule has 4 N–H and O–H groups in total. The second-order valence-electron chi connectivity index (χ2n) is 2.05. The maximum atomic E-state index is 7.10. The van der Waals surface area contributed by atoms with Gasteiger partial charge in [-0.05, 0) is 17.8 Å². The van der Waals surface area contributed by atoms with Crippen LogP contribution in [-0.4, -0.2) is 9.97 Å². The molecule has 1 heterocycles. The maximum Gasteiger partial charge on any atom is 0.0925 e. The van der Waals surface area contributed by atoms with Crippen LogP contribution in [0, 0.1) is 11.7 Å². The van der Waals surface area contributed by atoms with Crippen LogP contribution in [0.1, 0.15) is 11.4 Å². The first-order valence-corrected chi connectivity index (χ1v) is 4.31. The van der Waals surface area contributed by atoms with Gasteiger partial charge in [-0.1, -0.05) is 0 Å². The van der Waals surface area contributed by atoms with Crippen molar-refractivity contribution in [2.24, 2.45) is 5.14 Å². The lowest BCUT2D eigenvalue weighted by Crippen LogP contribution is -2.04. The minimum atomic E-state index is -0.788. The minimum absolute atomic E-state index is 0. The van der Waals surface area contributed by atoms with E-state index < -0.39 is 10.9 Å². The molecule has 0 amide bonds. The lowest BCUT2D eigenvalue weighted by atomic mass is 10.4. The predicted molar refractivity (Wildman–Crippen MR) is 55.8 cm³/mol. The SMILES string of the molecule is Cc1[nH]cnc1CS(=N)N.Cl.Cl. The number of imidazole rings is 1. The fraction of sp³-hybridized carbons (Fsp3) is 0.400. The molecule has 12 heavy (non-hydrogen) atoms. The molecular formula is C5H12Cl2N4S. The number of aryl methyl sites for hydroxylation is 1. The van der Waals surface area contributed by atoms with Crippen LogP contribution in [-0.2, 0) is 16.6 Å². The largest absolute Gasteiger partial charge is 0.348 e. The first kappa shape index (κ1) is 14.4. The number of aromatic nitrogens is 2. The van der Waals surface area contributed by atoms with Gasteiger partial charge in [0.15, 0.2) is 0 Å². The molecule has 0 saturated carbocycles. The number of nitrogens with one attached hydrogen (secondary N) is 2. The molecule has 0 bridgehead atoms. The number of aromatic amines is 1. The van der Waals surface area contributed by atoms with E-state index in [-0.39, 0.29) is 24.8 Å². The molecule has 0 aromatic carbocycles. The molecule has 0 aliphatic carbocycles. The number of nitrogens with zero attached hydrogens (tertiary/aromatic N) is 1. The highest BCUT2D eigenvalue weighted by Crippen LogP contribution is 2.01. The topological polar surface area (TPSA) is 78.5 Å². The van der Waals surface area contributed by atoms with Crippen molar-refractivity contribution in [3.63, 3.8) is 0 Å². The summed E-state index contributed by atoms with van der Waals surface area (Å²) in [6, 6.07) is 0. The van der Waals surface area contributed by atoms with E-state index in [0.717, 1.165) is 11.4 Å². The summed E-state index contributed by atoms with van der Waals surface area (Å²) in [7, 11) is -0.788. The Kier molecular flexibility index (Phi) is 7.72. The molecule has 1 atom stereocenters. The quantitative estimate of drug-likeness (QED) is 0.717. The van der Waals surface area contributed by atoms with Crippen LogP contribution in [0.4, 0.5) is 0 Å². The molecule has 1 aromatic rings. The molecule has 0 spiro atoms. The maximum absolute atomic E-state index is 7.10. The second-order valence-corrected chi connectivity index (χ2v) is 3.19. The molecule has 4 nitrogen and oxygen atoms in total. The number of nitrogens with two attached hydrogens (primary N) is 1. The van der Waals surface area contributed by atoms with Crippen molar-refractivity contribution in [3.05, 3.63) is 17.7 Å². The Balaban J connectivity index is 0. The molecule has 1 aromatic heterocycles. The number of hydrogen-bond acceptors (Lipinski definition) is 2. The van der Waals surface area contributed by atoms with Gasteiger partial charge in [0, 0.05) is 5.69 Å². The number of hydrogen-bond donors (Lipinski definition) is 3. The Morgan fingerprint density at radius 1 is 1.67 bits per heavy atom. The van der Waals surface area contributed by atoms with Crippen LogP contribution in [0.5, 0.6) is 0 Å². The van der Waals surface area contributed by atoms with Crippen molar-refractivity contribution in [2.75, 3.05) is 0 Å². The third-order valence-corrected chi connectivity index (χ3v) is 1.81. The molecule has 1 unspecified atom stereocenters. The van der Waals surface area contributed by atoms with Crippen LogP contribution >= 0.6 is 24.8 Å². The Morgan fingerprint density at radius 3 is 2.58 bits per heavy atom. The van der Waals surface area contributed by atoms with Gasteiger partial charge >= 0.3 is 0 Å². The summed E-state index contributed by atoms with van der Waals surface area (Å²) in [5.41, 5.74) is 1.91. The standard InChI is InChI=1S/C5H10N4S.2ClH/c1-4-5(2-10(6)7)9-3-8-4;;/h3H,2H2,1H3,(H3,6,7)(H,8,9);2*1H. The van der Waals surface area contributed by atoms with Crippen LogP contribution < -0.4 is 5.14 Å². The normalized spacial score (nSPS) is 11.2. The smallest absolute Gasteiger partial charge is 0.0925 e. The average Bonchev–Trinajstić information content (AvgIpc) is 2.15. The fourth-order valence-electron chi connectivity index (χ4n) is 0.680. The van der Waals surface area contributed by atoms with Gasteiger partial charge in [0.05, 0.1) is 17.8 Å². The highest BCUT2D eigenvalue weighted by atomic mass is 35.5. The zero-order valence-corrected chi connectivity index (χ0v) is 8.98. The first-order valence-electron chi connectivity index (χ1n) is 2.85. The van der Waals surface area contributed by atoms with E-state index in [0.29, 0.717) is 5.75 Å². The Morgan fingerprint density at radius 2 is 2.25 bits per heavy atom. The van der Waals surface area contributed by atoms with Gasteiger partial charge < -0.3 is 4.98 Å². The van der Waals surface area contributed by atoms with E-state index in [1.54, 1.807) is 6.33 Å². The average molecular weight is 231 g/mol. The van der Waals surface area contributed by atoms with Crippen molar-refractivity contribution in [2.45, 2.75) is 12.7 Å². The summed E-state index contributed by atoms with van der Waals surface area (Å²) < 4.78 is 7.10. The van der Waals surface area contributed by atoms with E-state index in [1.165, 1.54) is 0 Å². The van der Waals surface area contributed by atoms with Crippen molar-refractivity contribution in [1.29, 1.82) is 4.78 Å². The van der Waals surface area contributed by atoms with Gasteiger partial charge in [0.25, 0.3) is 0 Å². The van der Waals surface area contributed by atoms with Gasteiger partial charge in [-0.15, -0.1) is 24.8 Å². The highest BCUT2D eigenvalue weighted by Gasteiger charge is 1.99.